The molecular weight excluding hydrogens is 230 g/mol. The number of hydrogen-bond acceptors (Lipinski definition) is 3. The summed E-state index contributed by atoms with van der Waals surface area (Å²) in [7, 11) is 0. The number of rotatable bonds is 2. The number of amides is 1. The van der Waals surface area contributed by atoms with Gasteiger partial charge in [0.25, 0.3) is 0 Å². The van der Waals surface area contributed by atoms with Gasteiger partial charge in [-0.1, -0.05) is 30.3 Å². The fourth-order valence-corrected chi connectivity index (χ4v) is 2.51. The number of carbonyl (C=O) groups excluding carboxylic acids is 2. The van der Waals surface area contributed by atoms with Gasteiger partial charge in [0.05, 0.1) is 0 Å². The number of Topliss-reactive ketones (excluding diaryl/α,β-unsaturated/α-hetero) is 1. The molecule has 18 heavy (non-hydrogen) atoms. The second-order valence-electron chi connectivity index (χ2n) is 4.89. The summed E-state index contributed by atoms with van der Waals surface area (Å²) < 4.78 is 5.25. The fourth-order valence-electron chi connectivity index (χ4n) is 2.51. The molecule has 0 N–H and O–H groups in total. The van der Waals surface area contributed by atoms with Crippen molar-refractivity contribution in [3.05, 3.63) is 35.9 Å². The number of hydrogen-bond donors (Lipinski definition) is 0. The van der Waals surface area contributed by atoms with Crippen molar-refractivity contribution in [2.45, 2.75) is 13.0 Å². The average molecular weight is 245 g/mol. The summed E-state index contributed by atoms with van der Waals surface area (Å²) in [4.78, 5) is 24.8. The Morgan fingerprint density at radius 2 is 2.06 bits per heavy atom. The highest BCUT2D eigenvalue weighted by atomic mass is 16.6. The molecule has 1 aromatic rings. The third-order valence-corrected chi connectivity index (χ3v) is 3.70. The molecule has 2 fully saturated rings. The first-order valence-electron chi connectivity index (χ1n) is 6.25. The molecule has 4 heteroatoms. The van der Waals surface area contributed by atoms with Crippen LogP contribution in [0.3, 0.4) is 0 Å². The molecule has 1 aliphatic heterocycles. The van der Waals surface area contributed by atoms with E-state index in [1.165, 1.54) is 0 Å². The molecule has 2 atom stereocenters. The lowest BCUT2D eigenvalue weighted by molar-refractivity contribution is -0.111. The van der Waals surface area contributed by atoms with Gasteiger partial charge >= 0.3 is 6.09 Å². The number of fused-ring (bicyclic) bond motifs is 1. The minimum absolute atomic E-state index is 0.0861. The van der Waals surface area contributed by atoms with Crippen LogP contribution in [0.15, 0.2) is 30.3 Å². The number of nitrogens with zero attached hydrogens (tertiary/aromatic N) is 1. The van der Waals surface area contributed by atoms with Crippen molar-refractivity contribution in [3.8, 4) is 0 Å². The van der Waals surface area contributed by atoms with Crippen LogP contribution in [-0.4, -0.2) is 29.9 Å². The van der Waals surface area contributed by atoms with Crippen LogP contribution in [0.1, 0.15) is 12.0 Å². The first-order chi connectivity index (χ1) is 8.75. The average Bonchev–Trinajstić information content (AvgIpc) is 3.07. The molecule has 1 amide bonds. The summed E-state index contributed by atoms with van der Waals surface area (Å²) in [6.07, 6.45) is 0.487. The van der Waals surface area contributed by atoms with Crippen LogP contribution in [0.25, 0.3) is 0 Å². The summed E-state index contributed by atoms with van der Waals surface area (Å²) in [5, 5.41) is 0. The Labute approximate surface area is 106 Å². The number of ketones is 1. The molecular formula is C14H15NO3. The van der Waals surface area contributed by atoms with Gasteiger partial charge in [-0.05, 0) is 12.0 Å². The molecule has 0 aromatic heterocycles. The topological polar surface area (TPSA) is 46.6 Å². The van der Waals surface area contributed by atoms with Gasteiger partial charge in [0.15, 0.2) is 0 Å². The second-order valence-corrected chi connectivity index (χ2v) is 4.89. The third-order valence-electron chi connectivity index (χ3n) is 3.70. The van der Waals surface area contributed by atoms with Crippen molar-refractivity contribution in [1.82, 2.24) is 4.90 Å². The van der Waals surface area contributed by atoms with Crippen LogP contribution >= 0.6 is 0 Å². The molecule has 1 aliphatic carbocycles. The normalized spacial score (nSPS) is 25.6. The molecule has 1 aromatic carbocycles. The quantitative estimate of drug-likeness (QED) is 0.798. The minimum atomic E-state index is -0.308. The van der Waals surface area contributed by atoms with Crippen molar-refractivity contribution in [1.29, 1.82) is 0 Å². The van der Waals surface area contributed by atoms with Crippen LogP contribution in [0.2, 0.25) is 0 Å². The van der Waals surface area contributed by atoms with Crippen molar-refractivity contribution in [3.63, 3.8) is 0 Å². The van der Waals surface area contributed by atoms with Crippen molar-refractivity contribution >= 4 is 11.9 Å². The third kappa shape index (κ3) is 2.10. The van der Waals surface area contributed by atoms with Gasteiger partial charge in [-0.2, -0.15) is 0 Å². The van der Waals surface area contributed by atoms with E-state index in [1.807, 2.05) is 30.3 Å². The Kier molecular flexibility index (Phi) is 2.78. The molecule has 0 radical (unpaired) electrons. The van der Waals surface area contributed by atoms with Crippen molar-refractivity contribution in [2.75, 3.05) is 13.1 Å². The highest BCUT2D eigenvalue weighted by Gasteiger charge is 2.52. The Morgan fingerprint density at radius 3 is 2.78 bits per heavy atom. The van der Waals surface area contributed by atoms with Crippen LogP contribution < -0.4 is 0 Å². The maximum atomic E-state index is 11.8. The minimum Gasteiger partial charge on any atom is -0.445 e. The second kappa shape index (κ2) is 4.44. The molecule has 2 unspecified atom stereocenters. The number of ether oxygens (including phenoxy) is 1. The summed E-state index contributed by atoms with van der Waals surface area (Å²) in [6.45, 7) is 1.47. The van der Waals surface area contributed by atoms with Gasteiger partial charge in [-0.3, -0.25) is 4.79 Å². The zero-order valence-electron chi connectivity index (χ0n) is 10.0. The summed E-state index contributed by atoms with van der Waals surface area (Å²) in [5.74, 6) is 0.625. The molecule has 0 spiro atoms. The van der Waals surface area contributed by atoms with Crippen LogP contribution in [0.4, 0.5) is 4.79 Å². The molecule has 2 aliphatic rings. The van der Waals surface area contributed by atoms with Crippen molar-refractivity contribution in [2.24, 2.45) is 11.8 Å². The van der Waals surface area contributed by atoms with Gasteiger partial charge in [-0.15, -0.1) is 0 Å². The molecule has 4 nitrogen and oxygen atoms in total. The number of likely N-dealkylation sites (tertiary alicyclic amines) is 1. The first kappa shape index (κ1) is 11.3. The van der Waals surface area contributed by atoms with E-state index < -0.39 is 0 Å². The SMILES string of the molecule is O=C1C2CCN(C(=O)OCc3ccccc3)CC12. The predicted molar refractivity (Wildman–Crippen MR) is 64.8 cm³/mol. The zero-order valence-corrected chi connectivity index (χ0v) is 10.0. The Morgan fingerprint density at radius 1 is 1.28 bits per heavy atom. The van der Waals surface area contributed by atoms with Gasteiger partial charge in [0, 0.05) is 24.9 Å². The zero-order chi connectivity index (χ0) is 12.5. The van der Waals surface area contributed by atoms with E-state index in [2.05, 4.69) is 0 Å². The summed E-state index contributed by atoms with van der Waals surface area (Å²) in [6, 6.07) is 9.59. The van der Waals surface area contributed by atoms with Gasteiger partial charge in [0.2, 0.25) is 0 Å². The lowest BCUT2D eigenvalue weighted by Crippen LogP contribution is -2.37. The van der Waals surface area contributed by atoms with Crippen LogP contribution in [0, 0.1) is 11.8 Å². The lowest BCUT2D eigenvalue weighted by Gasteiger charge is -2.24. The molecule has 94 valence electrons. The number of piperidine rings is 1. The summed E-state index contributed by atoms with van der Waals surface area (Å²) in [5.41, 5.74) is 0.975. The molecule has 1 saturated heterocycles. The van der Waals surface area contributed by atoms with E-state index in [-0.39, 0.29) is 24.5 Å². The van der Waals surface area contributed by atoms with Gasteiger partial charge in [0.1, 0.15) is 12.4 Å². The van der Waals surface area contributed by atoms with E-state index in [0.717, 1.165) is 12.0 Å². The Hall–Kier alpha value is -1.84. The van der Waals surface area contributed by atoms with Gasteiger partial charge < -0.3 is 9.64 Å². The fraction of sp³-hybridized carbons (Fsp3) is 0.429. The summed E-state index contributed by atoms with van der Waals surface area (Å²) >= 11 is 0. The predicted octanol–water partition coefficient (Wildman–Crippen LogP) is 1.84. The van der Waals surface area contributed by atoms with Crippen LogP contribution in [0.5, 0.6) is 0 Å². The number of benzene rings is 1. The smallest absolute Gasteiger partial charge is 0.410 e. The van der Waals surface area contributed by atoms with E-state index in [4.69, 9.17) is 4.74 Å². The standard InChI is InChI=1S/C14H15NO3/c16-13-11-6-7-15(8-12(11)13)14(17)18-9-10-4-2-1-3-5-10/h1-5,11-12H,6-9H2. The maximum Gasteiger partial charge on any atom is 0.410 e. The van der Waals surface area contributed by atoms with E-state index in [0.29, 0.717) is 18.9 Å². The highest BCUT2D eigenvalue weighted by Crippen LogP contribution is 2.40. The molecule has 1 heterocycles. The largest absolute Gasteiger partial charge is 0.445 e. The number of carbonyl (C=O) groups is 2. The van der Waals surface area contributed by atoms with Gasteiger partial charge in [-0.25, -0.2) is 4.79 Å². The molecule has 3 rings (SSSR count). The lowest BCUT2D eigenvalue weighted by atomic mass is 10.1. The van der Waals surface area contributed by atoms with E-state index in [9.17, 15) is 9.59 Å². The Balaban J connectivity index is 1.51. The highest BCUT2D eigenvalue weighted by molar-refractivity contribution is 6.00. The van der Waals surface area contributed by atoms with Crippen molar-refractivity contribution < 1.29 is 14.3 Å². The van der Waals surface area contributed by atoms with E-state index >= 15 is 0 Å². The molecule has 0 bridgehead atoms. The Bertz CT molecular complexity index is 471. The van der Waals surface area contributed by atoms with E-state index in [1.54, 1.807) is 4.90 Å². The first-order valence-corrected chi connectivity index (χ1v) is 6.25. The van der Waals surface area contributed by atoms with Crippen LogP contribution in [-0.2, 0) is 16.1 Å². The maximum absolute atomic E-state index is 11.8. The molecule has 1 saturated carbocycles. The monoisotopic (exact) mass is 245 g/mol.